The lowest BCUT2D eigenvalue weighted by atomic mass is 10.2. The molecule has 0 saturated carbocycles. The maximum absolute atomic E-state index is 4.21. The van der Waals surface area contributed by atoms with Crippen molar-refractivity contribution in [3.63, 3.8) is 0 Å². The number of hydrogen-bond donors (Lipinski definition) is 1. The van der Waals surface area contributed by atoms with Crippen molar-refractivity contribution in [1.29, 1.82) is 0 Å². The van der Waals surface area contributed by atoms with E-state index >= 15 is 0 Å². The molecule has 2 nitrogen and oxygen atoms in total. The second kappa shape index (κ2) is 5.25. The van der Waals surface area contributed by atoms with Gasteiger partial charge in [0.2, 0.25) is 0 Å². The fourth-order valence-electron chi connectivity index (χ4n) is 1.15. The van der Waals surface area contributed by atoms with E-state index < -0.39 is 0 Å². The molecule has 0 bridgehead atoms. The molecule has 0 spiro atoms. The fourth-order valence-corrected chi connectivity index (χ4v) is 1.38. The zero-order valence-corrected chi connectivity index (χ0v) is 8.43. The molecule has 0 fully saturated rings. The van der Waals surface area contributed by atoms with Gasteiger partial charge in [-0.05, 0) is 31.1 Å². The summed E-state index contributed by atoms with van der Waals surface area (Å²) in [7, 11) is 0. The maximum Gasteiger partial charge on any atom is 0.0518 e. The van der Waals surface area contributed by atoms with Gasteiger partial charge in [-0.15, -0.1) is 0 Å². The molecule has 68 valence electrons. The topological polar surface area (TPSA) is 17.8 Å². The van der Waals surface area contributed by atoms with Crippen molar-refractivity contribution in [3.05, 3.63) is 18.0 Å². The quantitative estimate of drug-likeness (QED) is 0.549. The molecule has 0 radical (unpaired) electrons. The van der Waals surface area contributed by atoms with Gasteiger partial charge in [-0.2, -0.15) is 17.7 Å². The van der Waals surface area contributed by atoms with Crippen LogP contribution < -0.4 is 0 Å². The van der Waals surface area contributed by atoms with Crippen LogP contribution in [0.25, 0.3) is 0 Å². The first-order valence-electron chi connectivity index (χ1n) is 4.43. The number of aryl methyl sites for hydroxylation is 2. The second-order valence-electron chi connectivity index (χ2n) is 3.07. The van der Waals surface area contributed by atoms with Crippen LogP contribution in [0.2, 0.25) is 0 Å². The summed E-state index contributed by atoms with van der Waals surface area (Å²) in [6.45, 7) is 3.11. The summed E-state index contributed by atoms with van der Waals surface area (Å²) < 4.78 is 2.01. The molecule has 0 aromatic carbocycles. The summed E-state index contributed by atoms with van der Waals surface area (Å²) in [5.41, 5.74) is 1.24. The average molecular weight is 184 g/mol. The number of nitrogens with zero attached hydrogens (tertiary/aromatic N) is 2. The first-order chi connectivity index (χ1) is 5.83. The Hall–Kier alpha value is -0.440. The minimum absolute atomic E-state index is 0.998. The number of aromatic nitrogens is 2. The van der Waals surface area contributed by atoms with E-state index in [4.69, 9.17) is 0 Å². The third-order valence-electron chi connectivity index (χ3n) is 1.81. The summed E-state index contributed by atoms with van der Waals surface area (Å²) in [5.74, 6) is 0.998. The molecule has 0 atom stereocenters. The van der Waals surface area contributed by atoms with Crippen LogP contribution in [0.5, 0.6) is 0 Å². The third-order valence-corrected chi connectivity index (χ3v) is 2.12. The molecule has 0 amide bonds. The highest BCUT2D eigenvalue weighted by atomic mass is 32.1. The van der Waals surface area contributed by atoms with E-state index in [9.17, 15) is 0 Å². The minimum atomic E-state index is 0.998. The van der Waals surface area contributed by atoms with E-state index in [-0.39, 0.29) is 0 Å². The molecule has 12 heavy (non-hydrogen) atoms. The lowest BCUT2D eigenvalue weighted by molar-refractivity contribution is 0.554. The minimum Gasteiger partial charge on any atom is -0.272 e. The van der Waals surface area contributed by atoms with E-state index in [0.717, 1.165) is 12.3 Å². The van der Waals surface area contributed by atoms with Gasteiger partial charge in [0.25, 0.3) is 0 Å². The van der Waals surface area contributed by atoms with Crippen LogP contribution in [0.1, 0.15) is 24.8 Å². The molecule has 1 heterocycles. The van der Waals surface area contributed by atoms with Gasteiger partial charge >= 0.3 is 0 Å². The van der Waals surface area contributed by atoms with Crippen molar-refractivity contribution >= 4 is 12.6 Å². The molecule has 1 aromatic heterocycles. The monoisotopic (exact) mass is 184 g/mol. The molecule has 0 aliphatic carbocycles. The average Bonchev–Trinajstić information content (AvgIpc) is 2.45. The van der Waals surface area contributed by atoms with Gasteiger partial charge in [0.1, 0.15) is 0 Å². The predicted molar refractivity (Wildman–Crippen MR) is 54.7 cm³/mol. The van der Waals surface area contributed by atoms with Crippen molar-refractivity contribution in [2.75, 3.05) is 5.75 Å². The second-order valence-corrected chi connectivity index (χ2v) is 3.51. The van der Waals surface area contributed by atoms with Crippen LogP contribution in [0.3, 0.4) is 0 Å². The Morgan fingerprint density at radius 3 is 2.83 bits per heavy atom. The van der Waals surface area contributed by atoms with Crippen LogP contribution in [0, 0.1) is 6.92 Å². The highest BCUT2D eigenvalue weighted by Crippen LogP contribution is 2.01. The Balaban J connectivity index is 2.15. The summed E-state index contributed by atoms with van der Waals surface area (Å²) in [4.78, 5) is 0. The highest BCUT2D eigenvalue weighted by Gasteiger charge is 1.93. The van der Waals surface area contributed by atoms with Gasteiger partial charge in [-0.1, -0.05) is 6.42 Å². The van der Waals surface area contributed by atoms with Gasteiger partial charge in [0, 0.05) is 12.7 Å². The predicted octanol–water partition coefficient (Wildman–Crippen LogP) is 2.29. The molecular weight excluding hydrogens is 168 g/mol. The Morgan fingerprint density at radius 1 is 1.42 bits per heavy atom. The Bertz CT molecular complexity index is 220. The molecule has 0 aliphatic rings. The van der Waals surface area contributed by atoms with Gasteiger partial charge in [-0.3, -0.25) is 4.68 Å². The molecule has 3 heteroatoms. The standard InChI is InChI=1S/C9H16N2S/c1-9-7-10-11(8-9)5-3-2-4-6-12/h7-8,12H,2-6H2,1H3. The normalized spacial score (nSPS) is 10.5. The first-order valence-corrected chi connectivity index (χ1v) is 5.06. The zero-order chi connectivity index (χ0) is 8.81. The maximum atomic E-state index is 4.21. The van der Waals surface area contributed by atoms with E-state index in [0.29, 0.717) is 0 Å². The Morgan fingerprint density at radius 2 is 2.25 bits per heavy atom. The van der Waals surface area contributed by atoms with Crippen molar-refractivity contribution in [1.82, 2.24) is 9.78 Å². The molecular formula is C9H16N2S. The van der Waals surface area contributed by atoms with E-state index in [1.807, 2.05) is 10.9 Å². The Kier molecular flexibility index (Phi) is 4.22. The van der Waals surface area contributed by atoms with Crippen LogP contribution in [0.4, 0.5) is 0 Å². The van der Waals surface area contributed by atoms with Crippen molar-refractivity contribution in [2.45, 2.75) is 32.7 Å². The summed E-state index contributed by atoms with van der Waals surface area (Å²) in [5, 5.41) is 4.21. The largest absolute Gasteiger partial charge is 0.272 e. The molecule has 0 N–H and O–H groups in total. The SMILES string of the molecule is Cc1cnn(CCCCCS)c1. The van der Waals surface area contributed by atoms with Crippen LogP contribution in [-0.2, 0) is 6.54 Å². The van der Waals surface area contributed by atoms with Crippen molar-refractivity contribution in [2.24, 2.45) is 0 Å². The van der Waals surface area contributed by atoms with Crippen LogP contribution in [-0.4, -0.2) is 15.5 Å². The third kappa shape index (κ3) is 3.30. The fraction of sp³-hybridized carbons (Fsp3) is 0.667. The highest BCUT2D eigenvalue weighted by molar-refractivity contribution is 7.80. The van der Waals surface area contributed by atoms with Gasteiger partial charge in [-0.25, -0.2) is 0 Å². The van der Waals surface area contributed by atoms with Gasteiger partial charge < -0.3 is 0 Å². The molecule has 0 aliphatic heterocycles. The zero-order valence-electron chi connectivity index (χ0n) is 7.53. The number of hydrogen-bond acceptors (Lipinski definition) is 2. The number of rotatable bonds is 5. The lowest BCUT2D eigenvalue weighted by Crippen LogP contribution is -1.97. The first kappa shape index (κ1) is 9.65. The smallest absolute Gasteiger partial charge is 0.0518 e. The summed E-state index contributed by atoms with van der Waals surface area (Å²) in [6.07, 6.45) is 7.66. The van der Waals surface area contributed by atoms with E-state index in [1.165, 1.54) is 24.8 Å². The Labute approximate surface area is 79.4 Å². The summed E-state index contributed by atoms with van der Waals surface area (Å²) in [6, 6.07) is 0. The number of unbranched alkanes of at least 4 members (excludes halogenated alkanes) is 2. The molecule has 1 aromatic rings. The molecule has 0 saturated heterocycles. The molecule has 1 rings (SSSR count). The lowest BCUT2D eigenvalue weighted by Gasteiger charge is -1.99. The van der Waals surface area contributed by atoms with Crippen LogP contribution >= 0.6 is 12.6 Å². The van der Waals surface area contributed by atoms with E-state index in [1.54, 1.807) is 0 Å². The summed E-state index contributed by atoms with van der Waals surface area (Å²) >= 11 is 4.16. The number of thiol groups is 1. The van der Waals surface area contributed by atoms with Gasteiger partial charge in [0.05, 0.1) is 6.20 Å². The van der Waals surface area contributed by atoms with Crippen molar-refractivity contribution in [3.8, 4) is 0 Å². The van der Waals surface area contributed by atoms with Gasteiger partial charge in [0.15, 0.2) is 0 Å². The van der Waals surface area contributed by atoms with Crippen LogP contribution in [0.15, 0.2) is 12.4 Å². The van der Waals surface area contributed by atoms with Crippen molar-refractivity contribution < 1.29 is 0 Å². The molecule has 0 unspecified atom stereocenters. The van der Waals surface area contributed by atoms with E-state index in [2.05, 4.69) is 30.8 Å².